The first-order chi connectivity index (χ1) is 14.8. The van der Waals surface area contributed by atoms with E-state index in [0.29, 0.717) is 21.8 Å². The van der Waals surface area contributed by atoms with Crippen molar-refractivity contribution in [1.29, 1.82) is 0 Å². The first kappa shape index (κ1) is 21.2. The van der Waals surface area contributed by atoms with Crippen LogP contribution in [-0.4, -0.2) is 21.9 Å². The lowest BCUT2D eigenvalue weighted by Crippen LogP contribution is -2.29. The Morgan fingerprint density at radius 1 is 1.00 bits per heavy atom. The van der Waals surface area contributed by atoms with Gasteiger partial charge in [0.2, 0.25) is 0 Å². The Bertz CT molecular complexity index is 1220. The SMILES string of the molecule is Cc1ccc(N2C(=O)C(=O)C(=C(O)c3ccc(Cl)cc3)[C@H]2c2ccc(O)cc2)cc1Br. The Labute approximate surface area is 192 Å². The first-order valence-electron chi connectivity index (χ1n) is 9.40. The molecule has 7 heteroatoms. The number of aryl methyl sites for hydroxylation is 1. The van der Waals surface area contributed by atoms with Gasteiger partial charge in [-0.05, 0) is 66.6 Å². The van der Waals surface area contributed by atoms with Gasteiger partial charge in [-0.25, -0.2) is 0 Å². The van der Waals surface area contributed by atoms with Gasteiger partial charge in [0.25, 0.3) is 11.7 Å². The quantitative estimate of drug-likeness (QED) is 0.274. The van der Waals surface area contributed by atoms with Crippen LogP contribution >= 0.6 is 27.5 Å². The Morgan fingerprint density at radius 3 is 2.26 bits per heavy atom. The second kappa shape index (κ2) is 8.21. The van der Waals surface area contributed by atoms with Gasteiger partial charge in [-0.3, -0.25) is 14.5 Å². The van der Waals surface area contributed by atoms with Crippen molar-refractivity contribution in [2.45, 2.75) is 13.0 Å². The molecule has 0 aliphatic carbocycles. The van der Waals surface area contributed by atoms with E-state index in [4.69, 9.17) is 11.6 Å². The average molecular weight is 499 g/mol. The molecule has 31 heavy (non-hydrogen) atoms. The molecule has 1 fully saturated rings. The molecule has 1 saturated heterocycles. The molecule has 0 saturated carbocycles. The van der Waals surface area contributed by atoms with Gasteiger partial charge in [0.15, 0.2) is 0 Å². The van der Waals surface area contributed by atoms with Crippen molar-refractivity contribution in [3.05, 3.63) is 98.5 Å². The number of benzene rings is 3. The number of halogens is 2. The van der Waals surface area contributed by atoms with Gasteiger partial charge in [-0.15, -0.1) is 0 Å². The molecule has 1 heterocycles. The van der Waals surface area contributed by atoms with Crippen LogP contribution in [0.5, 0.6) is 5.75 Å². The summed E-state index contributed by atoms with van der Waals surface area (Å²) in [5.41, 5.74) is 2.39. The Kier molecular flexibility index (Phi) is 5.60. The van der Waals surface area contributed by atoms with E-state index in [1.807, 2.05) is 13.0 Å². The smallest absolute Gasteiger partial charge is 0.300 e. The molecule has 0 unspecified atom stereocenters. The summed E-state index contributed by atoms with van der Waals surface area (Å²) in [4.78, 5) is 27.5. The van der Waals surface area contributed by atoms with Crippen molar-refractivity contribution in [2.75, 3.05) is 4.90 Å². The molecular formula is C24H17BrClNO4. The van der Waals surface area contributed by atoms with Crippen LogP contribution in [0.3, 0.4) is 0 Å². The normalized spacial score (nSPS) is 17.9. The van der Waals surface area contributed by atoms with Crippen LogP contribution in [-0.2, 0) is 9.59 Å². The number of carbonyl (C=O) groups excluding carboxylic acids is 2. The van der Waals surface area contributed by atoms with Crippen LogP contribution in [0.2, 0.25) is 5.02 Å². The monoisotopic (exact) mass is 497 g/mol. The molecule has 0 aromatic heterocycles. The fraction of sp³-hybridized carbons (Fsp3) is 0.0833. The van der Waals surface area contributed by atoms with Crippen LogP contribution in [0.15, 0.2) is 76.8 Å². The van der Waals surface area contributed by atoms with Crippen molar-refractivity contribution in [3.8, 4) is 5.75 Å². The van der Waals surface area contributed by atoms with Gasteiger partial charge in [-0.2, -0.15) is 0 Å². The minimum Gasteiger partial charge on any atom is -0.508 e. The number of carbonyl (C=O) groups is 2. The second-order valence-electron chi connectivity index (χ2n) is 7.20. The fourth-order valence-corrected chi connectivity index (χ4v) is 4.06. The van der Waals surface area contributed by atoms with Crippen molar-refractivity contribution in [1.82, 2.24) is 0 Å². The summed E-state index contributed by atoms with van der Waals surface area (Å²) in [7, 11) is 0. The summed E-state index contributed by atoms with van der Waals surface area (Å²) in [6.07, 6.45) is 0. The number of amides is 1. The number of aliphatic hydroxyl groups is 1. The maximum Gasteiger partial charge on any atom is 0.300 e. The largest absolute Gasteiger partial charge is 0.508 e. The van der Waals surface area contributed by atoms with Crippen LogP contribution in [0.1, 0.15) is 22.7 Å². The zero-order chi connectivity index (χ0) is 22.3. The van der Waals surface area contributed by atoms with Crippen LogP contribution in [0, 0.1) is 6.92 Å². The van der Waals surface area contributed by atoms with E-state index in [2.05, 4.69) is 15.9 Å². The Hall–Kier alpha value is -3.09. The summed E-state index contributed by atoms with van der Waals surface area (Å²) in [5.74, 6) is -1.77. The predicted molar refractivity (Wildman–Crippen MR) is 123 cm³/mol. The highest BCUT2D eigenvalue weighted by Gasteiger charge is 2.47. The number of aromatic hydroxyl groups is 1. The molecule has 1 atom stereocenters. The molecule has 3 aromatic carbocycles. The number of nitrogens with zero attached hydrogens (tertiary/aromatic N) is 1. The molecule has 2 N–H and O–H groups in total. The van der Waals surface area contributed by atoms with Crippen molar-refractivity contribution in [3.63, 3.8) is 0 Å². The first-order valence-corrected chi connectivity index (χ1v) is 10.6. The third kappa shape index (κ3) is 3.84. The third-order valence-electron chi connectivity index (χ3n) is 5.20. The molecule has 0 spiro atoms. The molecule has 0 radical (unpaired) electrons. The van der Waals surface area contributed by atoms with Crippen LogP contribution in [0.4, 0.5) is 5.69 Å². The molecule has 3 aromatic rings. The predicted octanol–water partition coefficient (Wildman–Crippen LogP) is 5.74. The molecule has 1 amide bonds. The third-order valence-corrected chi connectivity index (χ3v) is 6.31. The van der Waals surface area contributed by atoms with Crippen LogP contribution < -0.4 is 4.90 Å². The van der Waals surface area contributed by atoms with E-state index in [-0.39, 0.29) is 17.1 Å². The highest BCUT2D eigenvalue weighted by atomic mass is 79.9. The number of phenols is 1. The van der Waals surface area contributed by atoms with E-state index >= 15 is 0 Å². The highest BCUT2D eigenvalue weighted by Crippen LogP contribution is 2.43. The number of phenolic OH excluding ortho intramolecular Hbond substituents is 1. The molecule has 5 nitrogen and oxygen atoms in total. The van der Waals surface area contributed by atoms with E-state index < -0.39 is 17.7 Å². The van der Waals surface area contributed by atoms with Gasteiger partial charge in [-0.1, -0.05) is 45.7 Å². The molecule has 4 rings (SSSR count). The summed E-state index contributed by atoms with van der Waals surface area (Å²) in [6, 6.07) is 17.0. The molecule has 1 aliphatic rings. The zero-order valence-corrected chi connectivity index (χ0v) is 18.7. The Morgan fingerprint density at radius 2 is 1.65 bits per heavy atom. The summed E-state index contributed by atoms with van der Waals surface area (Å²) in [6.45, 7) is 1.92. The van der Waals surface area contributed by atoms with Gasteiger partial charge >= 0.3 is 0 Å². The second-order valence-corrected chi connectivity index (χ2v) is 8.49. The van der Waals surface area contributed by atoms with E-state index in [1.165, 1.54) is 17.0 Å². The van der Waals surface area contributed by atoms with Crippen molar-refractivity contribution < 1.29 is 19.8 Å². The highest BCUT2D eigenvalue weighted by molar-refractivity contribution is 9.10. The van der Waals surface area contributed by atoms with E-state index in [9.17, 15) is 19.8 Å². The van der Waals surface area contributed by atoms with Gasteiger partial charge in [0.05, 0.1) is 11.6 Å². The number of ketones is 1. The molecule has 1 aliphatic heterocycles. The van der Waals surface area contributed by atoms with Crippen molar-refractivity contribution in [2.24, 2.45) is 0 Å². The summed E-state index contributed by atoms with van der Waals surface area (Å²) in [5, 5.41) is 21.2. The number of Topliss-reactive ketones (excluding diaryl/α,β-unsaturated/α-hetero) is 1. The number of hydrogen-bond acceptors (Lipinski definition) is 4. The van der Waals surface area contributed by atoms with Crippen molar-refractivity contribution >= 4 is 50.7 Å². The Balaban J connectivity index is 1.95. The maximum atomic E-state index is 13.1. The molecule has 156 valence electrons. The minimum atomic E-state index is -0.870. The summed E-state index contributed by atoms with van der Waals surface area (Å²) < 4.78 is 0.786. The van der Waals surface area contributed by atoms with E-state index in [0.717, 1.165) is 10.0 Å². The minimum absolute atomic E-state index is 0.0327. The van der Waals surface area contributed by atoms with Gasteiger partial charge < -0.3 is 10.2 Å². The summed E-state index contributed by atoms with van der Waals surface area (Å²) >= 11 is 9.41. The lowest BCUT2D eigenvalue weighted by molar-refractivity contribution is -0.132. The number of anilines is 1. The lowest BCUT2D eigenvalue weighted by Gasteiger charge is -2.26. The average Bonchev–Trinajstić information content (AvgIpc) is 3.01. The standard InChI is InChI=1S/C24H17BrClNO4/c1-13-2-9-17(12-19(13)25)27-21(14-5-10-18(28)11-6-14)20(23(30)24(27)31)22(29)15-3-7-16(26)8-4-15/h2-12,21,28-29H,1H3/t21-/m1/s1. The van der Waals surface area contributed by atoms with E-state index in [1.54, 1.807) is 48.5 Å². The zero-order valence-electron chi connectivity index (χ0n) is 16.3. The molecular weight excluding hydrogens is 482 g/mol. The lowest BCUT2D eigenvalue weighted by atomic mass is 9.95. The number of hydrogen-bond donors (Lipinski definition) is 2. The molecule has 0 bridgehead atoms. The maximum absolute atomic E-state index is 13.1. The van der Waals surface area contributed by atoms with Gasteiger partial charge in [0.1, 0.15) is 11.5 Å². The fourth-order valence-electron chi connectivity index (χ4n) is 3.57. The number of rotatable bonds is 3. The van der Waals surface area contributed by atoms with Crippen LogP contribution in [0.25, 0.3) is 5.76 Å². The van der Waals surface area contributed by atoms with Gasteiger partial charge in [0, 0.05) is 20.7 Å². The topological polar surface area (TPSA) is 77.8 Å². The number of aliphatic hydroxyl groups excluding tert-OH is 1.